The van der Waals surface area contributed by atoms with Crippen LogP contribution >= 0.6 is 11.8 Å². The minimum absolute atomic E-state index is 0.341. The van der Waals surface area contributed by atoms with E-state index >= 15 is 0 Å². The molecule has 0 bridgehead atoms. The summed E-state index contributed by atoms with van der Waals surface area (Å²) < 4.78 is 0. The normalized spacial score (nSPS) is 21.1. The van der Waals surface area contributed by atoms with Crippen LogP contribution in [0.1, 0.15) is 56.7 Å². The van der Waals surface area contributed by atoms with Crippen molar-refractivity contribution in [1.29, 1.82) is 0 Å². The summed E-state index contributed by atoms with van der Waals surface area (Å²) in [6.45, 7) is 5.90. The highest BCUT2D eigenvalue weighted by atomic mass is 32.2. The predicted molar refractivity (Wildman–Crippen MR) is 87.1 cm³/mol. The van der Waals surface area contributed by atoms with E-state index in [1.165, 1.54) is 37.0 Å². The van der Waals surface area contributed by atoms with Crippen LogP contribution in [0.15, 0.2) is 24.3 Å². The Bertz CT molecular complexity index is 400. The van der Waals surface area contributed by atoms with Crippen molar-refractivity contribution in [3.63, 3.8) is 0 Å². The Morgan fingerprint density at radius 3 is 2.84 bits per heavy atom. The Labute approximate surface area is 122 Å². The van der Waals surface area contributed by atoms with Gasteiger partial charge in [-0.3, -0.25) is 0 Å². The van der Waals surface area contributed by atoms with Crippen LogP contribution in [-0.4, -0.2) is 18.6 Å². The third-order valence-corrected chi connectivity index (χ3v) is 4.99. The predicted octanol–water partition coefficient (Wildman–Crippen LogP) is 4.53. The van der Waals surface area contributed by atoms with Gasteiger partial charge in [0.25, 0.3) is 0 Å². The maximum absolute atomic E-state index is 3.77. The molecule has 2 heteroatoms. The van der Waals surface area contributed by atoms with E-state index in [1.807, 2.05) is 11.8 Å². The summed E-state index contributed by atoms with van der Waals surface area (Å²) in [6, 6.07) is 9.56. The first-order valence-corrected chi connectivity index (χ1v) is 8.86. The van der Waals surface area contributed by atoms with Crippen molar-refractivity contribution in [1.82, 2.24) is 5.32 Å². The molecule has 0 aliphatic heterocycles. The molecule has 1 aliphatic carbocycles. The van der Waals surface area contributed by atoms with Crippen molar-refractivity contribution in [2.24, 2.45) is 0 Å². The van der Waals surface area contributed by atoms with Gasteiger partial charge in [0.1, 0.15) is 0 Å². The molecule has 1 N–H and O–H groups in total. The smallest absolute Gasteiger partial charge is 0.0323 e. The van der Waals surface area contributed by atoms with Crippen LogP contribution in [0, 0.1) is 0 Å². The van der Waals surface area contributed by atoms with E-state index in [9.17, 15) is 0 Å². The zero-order chi connectivity index (χ0) is 13.7. The van der Waals surface area contributed by atoms with E-state index < -0.39 is 0 Å². The monoisotopic (exact) mass is 277 g/mol. The maximum Gasteiger partial charge on any atom is 0.0323 e. The van der Waals surface area contributed by atoms with Crippen molar-refractivity contribution >= 4 is 11.8 Å². The van der Waals surface area contributed by atoms with Gasteiger partial charge in [0.2, 0.25) is 0 Å². The lowest BCUT2D eigenvalue weighted by Gasteiger charge is -2.37. The minimum Gasteiger partial charge on any atom is -0.310 e. The van der Waals surface area contributed by atoms with Gasteiger partial charge >= 0.3 is 0 Å². The van der Waals surface area contributed by atoms with E-state index in [0.717, 1.165) is 6.54 Å². The first kappa shape index (κ1) is 14.9. The molecule has 19 heavy (non-hydrogen) atoms. The highest BCUT2D eigenvalue weighted by Crippen LogP contribution is 2.41. The molecular weight excluding hydrogens is 250 g/mol. The number of benzene rings is 1. The Kier molecular flexibility index (Phi) is 5.35. The molecule has 0 saturated carbocycles. The number of hydrogen-bond acceptors (Lipinski definition) is 2. The molecule has 0 spiro atoms. The van der Waals surface area contributed by atoms with Crippen LogP contribution in [0.4, 0.5) is 0 Å². The molecule has 1 atom stereocenters. The van der Waals surface area contributed by atoms with Crippen molar-refractivity contribution in [2.75, 3.05) is 18.6 Å². The third-order valence-electron chi connectivity index (χ3n) is 4.29. The molecule has 0 heterocycles. The Hall–Kier alpha value is -0.470. The average Bonchev–Trinajstić information content (AvgIpc) is 2.41. The summed E-state index contributed by atoms with van der Waals surface area (Å²) in [5.41, 5.74) is 3.42. The van der Waals surface area contributed by atoms with Crippen molar-refractivity contribution < 1.29 is 0 Å². The summed E-state index contributed by atoms with van der Waals surface area (Å²) in [6.07, 6.45) is 7.36. The van der Waals surface area contributed by atoms with Crippen LogP contribution in [0.2, 0.25) is 0 Å². The molecule has 0 radical (unpaired) electrons. The quantitative estimate of drug-likeness (QED) is 0.767. The molecule has 1 aromatic rings. The summed E-state index contributed by atoms with van der Waals surface area (Å²) in [5.74, 6) is 1.29. The van der Waals surface area contributed by atoms with Gasteiger partial charge in [-0.1, -0.05) is 38.1 Å². The van der Waals surface area contributed by atoms with Crippen LogP contribution in [-0.2, 0) is 5.41 Å². The molecule has 106 valence electrons. The first-order valence-electron chi connectivity index (χ1n) is 7.47. The molecule has 0 saturated heterocycles. The van der Waals surface area contributed by atoms with E-state index in [2.05, 4.69) is 49.7 Å². The van der Waals surface area contributed by atoms with Crippen molar-refractivity contribution in [2.45, 2.75) is 51.0 Å². The van der Waals surface area contributed by atoms with Crippen LogP contribution in [0.25, 0.3) is 0 Å². The van der Waals surface area contributed by atoms with Gasteiger partial charge in [0, 0.05) is 6.04 Å². The summed E-state index contributed by atoms with van der Waals surface area (Å²) in [7, 11) is 0. The Balaban J connectivity index is 1.96. The number of rotatable bonds is 6. The van der Waals surface area contributed by atoms with Crippen molar-refractivity contribution in [3.05, 3.63) is 35.4 Å². The molecule has 0 fully saturated rings. The molecule has 0 aromatic heterocycles. The fraction of sp³-hybridized carbons (Fsp3) is 0.647. The highest BCUT2D eigenvalue weighted by Gasteiger charge is 2.31. The van der Waals surface area contributed by atoms with Crippen LogP contribution < -0.4 is 5.32 Å². The summed E-state index contributed by atoms with van der Waals surface area (Å²) >= 11 is 1.95. The van der Waals surface area contributed by atoms with E-state index in [-0.39, 0.29) is 0 Å². The minimum atomic E-state index is 0.341. The molecule has 1 nitrogen and oxygen atoms in total. The van der Waals surface area contributed by atoms with Gasteiger partial charge < -0.3 is 5.32 Å². The first-order chi connectivity index (χ1) is 9.15. The van der Waals surface area contributed by atoms with E-state index in [1.54, 1.807) is 5.56 Å². The largest absolute Gasteiger partial charge is 0.310 e. The lowest BCUT2D eigenvalue weighted by atomic mass is 9.71. The standard InChI is InChI=1S/C17H27NS/c1-17(2)11-10-16(18-12-6-7-13-19-3)14-8-4-5-9-15(14)17/h4-5,8-9,16,18H,6-7,10-13H2,1-3H3. The maximum atomic E-state index is 3.77. The zero-order valence-corrected chi connectivity index (χ0v) is 13.4. The molecule has 0 amide bonds. The summed E-state index contributed by atoms with van der Waals surface area (Å²) in [5, 5.41) is 3.77. The summed E-state index contributed by atoms with van der Waals surface area (Å²) in [4.78, 5) is 0. The van der Waals surface area contributed by atoms with Gasteiger partial charge in [0.15, 0.2) is 0 Å². The fourth-order valence-corrected chi connectivity index (χ4v) is 3.57. The SMILES string of the molecule is CSCCCCNC1CCC(C)(C)c2ccccc21. The van der Waals surface area contributed by atoms with E-state index in [0.29, 0.717) is 11.5 Å². The molecule has 1 unspecified atom stereocenters. The Morgan fingerprint density at radius 2 is 2.05 bits per heavy atom. The van der Waals surface area contributed by atoms with Crippen LogP contribution in [0.5, 0.6) is 0 Å². The Morgan fingerprint density at radius 1 is 1.26 bits per heavy atom. The second-order valence-corrected chi connectivity index (χ2v) is 7.20. The van der Waals surface area contributed by atoms with Crippen LogP contribution in [0.3, 0.4) is 0 Å². The lowest BCUT2D eigenvalue weighted by molar-refractivity contribution is 0.357. The lowest BCUT2D eigenvalue weighted by Crippen LogP contribution is -2.33. The van der Waals surface area contributed by atoms with Crippen molar-refractivity contribution in [3.8, 4) is 0 Å². The molecule has 2 rings (SSSR count). The topological polar surface area (TPSA) is 12.0 Å². The molecule has 1 aliphatic rings. The van der Waals surface area contributed by atoms with Gasteiger partial charge in [-0.15, -0.1) is 0 Å². The van der Waals surface area contributed by atoms with Gasteiger partial charge in [-0.25, -0.2) is 0 Å². The fourth-order valence-electron chi connectivity index (χ4n) is 3.07. The van der Waals surface area contributed by atoms with E-state index in [4.69, 9.17) is 0 Å². The number of hydrogen-bond donors (Lipinski definition) is 1. The number of thioether (sulfide) groups is 1. The second-order valence-electron chi connectivity index (χ2n) is 6.22. The zero-order valence-electron chi connectivity index (χ0n) is 12.5. The number of fused-ring (bicyclic) bond motifs is 1. The van der Waals surface area contributed by atoms with Gasteiger partial charge in [-0.05, 0) is 60.8 Å². The second kappa shape index (κ2) is 6.81. The molecular formula is C17H27NS. The number of unbranched alkanes of at least 4 members (excludes halogenated alkanes) is 1. The average molecular weight is 277 g/mol. The van der Waals surface area contributed by atoms with Gasteiger partial charge in [0.05, 0.1) is 0 Å². The number of nitrogens with one attached hydrogen (secondary N) is 1. The highest BCUT2D eigenvalue weighted by molar-refractivity contribution is 7.98. The van der Waals surface area contributed by atoms with Gasteiger partial charge in [-0.2, -0.15) is 11.8 Å². The third kappa shape index (κ3) is 3.76. The molecule has 1 aromatic carbocycles.